The fraction of sp³-hybridized carbons (Fsp3) is 0.526. The van der Waals surface area contributed by atoms with Crippen molar-refractivity contribution in [3.8, 4) is 11.8 Å². The Morgan fingerprint density at radius 1 is 1.23 bits per heavy atom. The molecule has 2 aliphatic rings. The summed E-state index contributed by atoms with van der Waals surface area (Å²) in [5.41, 5.74) is -0.161. The van der Waals surface area contributed by atoms with Gasteiger partial charge in [0, 0.05) is 5.57 Å². The molecule has 11 nitrogen and oxygen atoms in total. The molecule has 1 aromatic rings. The third-order valence-electron chi connectivity index (χ3n) is 4.95. The Hall–Kier alpha value is -2.14. The van der Waals surface area contributed by atoms with Gasteiger partial charge in [-0.25, -0.2) is 4.79 Å². The van der Waals surface area contributed by atoms with Crippen LogP contribution in [-0.4, -0.2) is 69.7 Å². The largest absolute Gasteiger partial charge is 0.494 e. The summed E-state index contributed by atoms with van der Waals surface area (Å²) in [5.74, 6) is -0.938. The van der Waals surface area contributed by atoms with Crippen molar-refractivity contribution in [2.75, 3.05) is 39.2 Å². The second kappa shape index (κ2) is 9.15. The van der Waals surface area contributed by atoms with Gasteiger partial charge in [-0.05, 0) is 13.0 Å². The molecule has 0 spiro atoms. The molecule has 2 atom stereocenters. The number of fused-ring (bicyclic) bond motifs is 5. The van der Waals surface area contributed by atoms with Gasteiger partial charge >= 0.3 is 13.6 Å². The number of hydrogen-bond donors (Lipinski definition) is 4. The van der Waals surface area contributed by atoms with E-state index in [-0.39, 0.29) is 63.1 Å². The Morgan fingerprint density at radius 3 is 2.55 bits per heavy atom. The Balaban J connectivity index is 1.56. The van der Waals surface area contributed by atoms with Crippen LogP contribution in [-0.2, 0) is 40.5 Å². The summed E-state index contributed by atoms with van der Waals surface area (Å²) in [4.78, 5) is 29.3. The van der Waals surface area contributed by atoms with Crippen LogP contribution < -0.4 is 0 Å². The Bertz CT molecular complexity index is 933. The van der Waals surface area contributed by atoms with E-state index in [1.165, 1.54) is 11.5 Å². The zero-order valence-corrected chi connectivity index (χ0v) is 17.9. The van der Waals surface area contributed by atoms with Crippen LogP contribution in [0.2, 0.25) is 0 Å². The van der Waals surface area contributed by atoms with Crippen molar-refractivity contribution in [1.82, 2.24) is 4.57 Å². The minimum Gasteiger partial charge on any atom is -0.494 e. The topological polar surface area (TPSA) is 157 Å². The van der Waals surface area contributed by atoms with E-state index in [2.05, 4.69) is 6.58 Å². The molecule has 3 rings (SSSR count). The lowest BCUT2D eigenvalue weighted by Gasteiger charge is -2.23. The molecule has 0 saturated carbocycles. The van der Waals surface area contributed by atoms with Gasteiger partial charge in [-0.2, -0.15) is 0 Å². The minimum absolute atomic E-state index is 0.0774. The summed E-state index contributed by atoms with van der Waals surface area (Å²) < 4.78 is 33.6. The van der Waals surface area contributed by atoms with E-state index in [4.69, 9.17) is 28.7 Å². The molecule has 4 N–H and O–H groups in total. The number of ether oxygens (including phenoxy) is 4. The first-order valence-corrected chi connectivity index (χ1v) is 11.4. The van der Waals surface area contributed by atoms with Gasteiger partial charge in [-0.1, -0.05) is 12.7 Å². The van der Waals surface area contributed by atoms with Gasteiger partial charge in [0.25, 0.3) is 0 Å². The Morgan fingerprint density at radius 2 is 1.90 bits per heavy atom. The van der Waals surface area contributed by atoms with Crippen LogP contribution in [0.3, 0.4) is 0 Å². The van der Waals surface area contributed by atoms with Crippen molar-refractivity contribution in [3.05, 3.63) is 35.4 Å². The standard InChI is InChI=1S/C19H26NO10P/c1-12(2)18(23)29-11-19-4-3-13(30-19)14-15(19)17(22)20(16(14)21)5-6-27-7-8-28-9-10-31(24,25)26/h3-4,13,21-22H,1,5-11H2,2H3,(H2,24,25,26). The molecule has 0 amide bonds. The van der Waals surface area contributed by atoms with Crippen molar-refractivity contribution < 1.29 is 48.3 Å². The predicted molar refractivity (Wildman–Crippen MR) is 107 cm³/mol. The number of esters is 1. The van der Waals surface area contributed by atoms with E-state index in [9.17, 15) is 19.6 Å². The number of carbonyl (C=O) groups excluding carboxylic acids is 1. The second-order valence-electron chi connectivity index (χ2n) is 7.34. The molecular formula is C19H26NO10P. The van der Waals surface area contributed by atoms with Gasteiger partial charge in [-0.15, -0.1) is 0 Å². The highest BCUT2D eigenvalue weighted by molar-refractivity contribution is 7.51. The number of aromatic hydroxyl groups is 2. The van der Waals surface area contributed by atoms with E-state index >= 15 is 0 Å². The molecule has 31 heavy (non-hydrogen) atoms. The van der Waals surface area contributed by atoms with Gasteiger partial charge in [0.2, 0.25) is 11.8 Å². The van der Waals surface area contributed by atoms with Crippen LogP contribution >= 0.6 is 7.60 Å². The van der Waals surface area contributed by atoms with E-state index in [1.807, 2.05) is 0 Å². The smallest absolute Gasteiger partial charge is 0.333 e. The number of nitrogens with zero attached hydrogens (tertiary/aromatic N) is 1. The number of aromatic nitrogens is 1. The van der Waals surface area contributed by atoms with Crippen molar-refractivity contribution in [2.24, 2.45) is 0 Å². The zero-order chi connectivity index (χ0) is 22.8. The fourth-order valence-corrected chi connectivity index (χ4v) is 3.84. The predicted octanol–water partition coefficient (Wildman–Crippen LogP) is 1.07. The molecule has 0 fully saturated rings. The SMILES string of the molecule is C=C(C)C(=O)OCC12C=CC(O1)c1c2c(O)n(CCOCCOCCP(=O)(O)O)c1O. The molecule has 3 heterocycles. The van der Waals surface area contributed by atoms with Gasteiger partial charge in [-0.3, -0.25) is 9.13 Å². The molecule has 2 bridgehead atoms. The molecule has 172 valence electrons. The first-order chi connectivity index (χ1) is 14.6. The molecule has 0 radical (unpaired) electrons. The average molecular weight is 459 g/mol. The monoisotopic (exact) mass is 459 g/mol. The highest BCUT2D eigenvalue weighted by atomic mass is 31.2. The summed E-state index contributed by atoms with van der Waals surface area (Å²) in [5, 5.41) is 21.3. The summed E-state index contributed by atoms with van der Waals surface area (Å²) >= 11 is 0. The van der Waals surface area contributed by atoms with Gasteiger partial charge in [0.05, 0.1) is 50.3 Å². The third kappa shape index (κ3) is 5.03. The van der Waals surface area contributed by atoms with Crippen molar-refractivity contribution in [3.63, 3.8) is 0 Å². The Labute approximate surface area is 178 Å². The fourth-order valence-electron chi connectivity index (χ4n) is 3.47. The summed E-state index contributed by atoms with van der Waals surface area (Å²) in [7, 11) is -4.08. The lowest BCUT2D eigenvalue weighted by Crippen LogP contribution is -2.29. The molecule has 0 aromatic carbocycles. The van der Waals surface area contributed by atoms with Crippen LogP contribution in [0.4, 0.5) is 0 Å². The van der Waals surface area contributed by atoms with Gasteiger partial charge in [0.15, 0.2) is 5.60 Å². The van der Waals surface area contributed by atoms with Crippen LogP contribution in [0.1, 0.15) is 24.2 Å². The summed E-state index contributed by atoms with van der Waals surface area (Å²) in [6, 6.07) is 0. The van der Waals surface area contributed by atoms with Crippen LogP contribution in [0.15, 0.2) is 24.3 Å². The highest BCUT2D eigenvalue weighted by Crippen LogP contribution is 2.57. The van der Waals surface area contributed by atoms with Crippen molar-refractivity contribution >= 4 is 13.6 Å². The number of rotatable bonds is 12. The van der Waals surface area contributed by atoms with Gasteiger partial charge in [0.1, 0.15) is 12.7 Å². The molecular weight excluding hydrogens is 433 g/mol. The van der Waals surface area contributed by atoms with Crippen molar-refractivity contribution in [1.29, 1.82) is 0 Å². The quantitative estimate of drug-likeness (QED) is 0.117. The van der Waals surface area contributed by atoms with E-state index in [0.717, 1.165) is 0 Å². The van der Waals surface area contributed by atoms with E-state index in [1.54, 1.807) is 12.2 Å². The first kappa shape index (κ1) is 23.5. The van der Waals surface area contributed by atoms with Crippen LogP contribution in [0, 0.1) is 0 Å². The number of carbonyl (C=O) groups is 1. The van der Waals surface area contributed by atoms with Crippen LogP contribution in [0.25, 0.3) is 0 Å². The molecule has 0 aliphatic carbocycles. The first-order valence-electron chi connectivity index (χ1n) is 9.60. The minimum atomic E-state index is -4.08. The molecule has 2 unspecified atom stereocenters. The van der Waals surface area contributed by atoms with E-state index in [0.29, 0.717) is 11.1 Å². The lowest BCUT2D eigenvalue weighted by molar-refractivity contribution is -0.147. The maximum atomic E-state index is 11.8. The molecule has 12 heteroatoms. The lowest BCUT2D eigenvalue weighted by atomic mass is 9.90. The van der Waals surface area contributed by atoms with Crippen molar-refractivity contribution in [2.45, 2.75) is 25.2 Å². The second-order valence-corrected chi connectivity index (χ2v) is 9.12. The van der Waals surface area contributed by atoms with E-state index < -0.39 is 25.3 Å². The number of hydrogen-bond acceptors (Lipinski definition) is 8. The highest BCUT2D eigenvalue weighted by Gasteiger charge is 2.53. The van der Waals surface area contributed by atoms with Gasteiger partial charge < -0.3 is 38.9 Å². The zero-order valence-electron chi connectivity index (χ0n) is 17.0. The Kier molecular flexibility index (Phi) is 6.95. The molecule has 2 aliphatic heterocycles. The molecule has 1 aromatic heterocycles. The normalized spacial score (nSPS) is 21.5. The molecule has 0 saturated heterocycles. The maximum absolute atomic E-state index is 11.8. The summed E-state index contributed by atoms with van der Waals surface area (Å²) in [6.07, 6.45) is 2.51. The maximum Gasteiger partial charge on any atom is 0.333 e. The third-order valence-corrected chi connectivity index (χ3v) is 5.72. The average Bonchev–Trinajstić information content (AvgIpc) is 3.33. The van der Waals surface area contributed by atoms with Crippen LogP contribution in [0.5, 0.6) is 11.8 Å². The summed E-state index contributed by atoms with van der Waals surface area (Å²) in [6.45, 7) is 5.42.